The van der Waals surface area contributed by atoms with Crippen molar-refractivity contribution in [2.45, 2.75) is 38.7 Å². The van der Waals surface area contributed by atoms with Crippen molar-refractivity contribution in [3.63, 3.8) is 0 Å². The van der Waals surface area contributed by atoms with Gasteiger partial charge in [0.25, 0.3) is 0 Å². The van der Waals surface area contributed by atoms with Gasteiger partial charge < -0.3 is 0 Å². The van der Waals surface area contributed by atoms with Crippen molar-refractivity contribution in [2.75, 3.05) is 4.43 Å². The van der Waals surface area contributed by atoms with Crippen molar-refractivity contribution in [3.8, 4) is 0 Å². The van der Waals surface area contributed by atoms with Gasteiger partial charge in [0.2, 0.25) is 0 Å². The molecular weight excluding hydrogens is 375 g/mol. The summed E-state index contributed by atoms with van der Waals surface area (Å²) in [5.74, 6) is -0.917. The molecule has 0 radical (unpaired) electrons. The van der Waals surface area contributed by atoms with Crippen LogP contribution >= 0.6 is 0 Å². The topological polar surface area (TPSA) is 20.2 Å². The zero-order valence-electron chi connectivity index (χ0n) is 11.1. The predicted octanol–water partition coefficient (Wildman–Crippen LogP) is 0.608. The molecule has 0 spiro atoms. The fourth-order valence-electron chi connectivity index (χ4n) is 1.25. The minimum absolute atomic E-state index is 0.254. The molecule has 19 heavy (non-hydrogen) atoms. The number of allylic oxidation sites excluding steroid dienone is 2. The maximum atomic E-state index is 14.1. The Morgan fingerprint density at radius 2 is 1.84 bits per heavy atom. The minimum atomic E-state index is -4.96. The second kappa shape index (κ2) is 6.90. The number of aliphatic hydroxyl groups excluding tert-OH is 1. The number of hydrogen-bond acceptors (Lipinski definition) is 1. The van der Waals surface area contributed by atoms with Crippen LogP contribution in [0.3, 0.4) is 0 Å². The standard InChI is InChI=1S/C13H18F4IO/c1-6-10(8(2)3)18-7-9(4)12(5,14)11(19)13(15,16)17/h9,11,19H,1-2,7H2,3-5H3/q-1. The van der Waals surface area contributed by atoms with Crippen LogP contribution < -0.4 is 21.2 Å². The molecule has 6 heteroatoms. The molecule has 0 aromatic carbocycles. The Kier molecular flexibility index (Phi) is 6.78. The van der Waals surface area contributed by atoms with Crippen molar-refractivity contribution < 1.29 is 43.9 Å². The predicted molar refractivity (Wildman–Crippen MR) is 63.1 cm³/mol. The molecule has 0 saturated heterocycles. The van der Waals surface area contributed by atoms with Crippen molar-refractivity contribution in [2.24, 2.45) is 5.92 Å². The first-order chi connectivity index (χ1) is 8.44. The maximum absolute atomic E-state index is 14.1. The van der Waals surface area contributed by atoms with Gasteiger partial charge >= 0.3 is 121 Å². The van der Waals surface area contributed by atoms with Crippen LogP contribution in [-0.2, 0) is 0 Å². The average molecular weight is 393 g/mol. The van der Waals surface area contributed by atoms with E-state index in [2.05, 4.69) is 18.9 Å². The third-order valence-corrected chi connectivity index (χ3v) is 6.61. The Hall–Kier alpha value is -0.330. The van der Waals surface area contributed by atoms with E-state index >= 15 is 0 Å². The van der Waals surface area contributed by atoms with Gasteiger partial charge in [-0.1, -0.05) is 0 Å². The molecule has 3 unspecified atom stereocenters. The summed E-state index contributed by atoms with van der Waals surface area (Å²) >= 11 is -0.725. The van der Waals surface area contributed by atoms with Crippen molar-refractivity contribution in [1.29, 1.82) is 0 Å². The van der Waals surface area contributed by atoms with Gasteiger partial charge in [0.05, 0.1) is 0 Å². The van der Waals surface area contributed by atoms with Gasteiger partial charge in [0.15, 0.2) is 0 Å². The second-order valence-corrected chi connectivity index (χ2v) is 7.28. The zero-order chi connectivity index (χ0) is 15.4. The SMILES string of the molecule is C=C=C([I-]CC(C)C(C)(F)C(O)C(F)(F)F)C(=C)C. The molecule has 0 aromatic rings. The van der Waals surface area contributed by atoms with Crippen LogP contribution in [0.5, 0.6) is 0 Å². The summed E-state index contributed by atoms with van der Waals surface area (Å²) in [4.78, 5) is 0. The number of alkyl halides is 5. The van der Waals surface area contributed by atoms with Crippen LogP contribution in [-0.4, -0.2) is 27.5 Å². The monoisotopic (exact) mass is 393 g/mol. The molecule has 0 aliphatic heterocycles. The summed E-state index contributed by atoms with van der Waals surface area (Å²) in [6.45, 7) is 11.1. The van der Waals surface area contributed by atoms with Crippen LogP contribution in [0.1, 0.15) is 20.8 Å². The zero-order valence-corrected chi connectivity index (χ0v) is 13.3. The molecule has 0 aliphatic rings. The van der Waals surface area contributed by atoms with Gasteiger partial charge in [-0.3, -0.25) is 0 Å². The number of aliphatic hydroxyl groups is 1. The quantitative estimate of drug-likeness (QED) is 0.231. The molecule has 0 amide bonds. The van der Waals surface area contributed by atoms with E-state index in [1.54, 1.807) is 6.92 Å². The van der Waals surface area contributed by atoms with E-state index in [4.69, 9.17) is 5.11 Å². The first-order valence-electron chi connectivity index (χ1n) is 5.53. The molecule has 0 heterocycles. The third kappa shape index (κ3) is 5.28. The third-order valence-electron chi connectivity index (χ3n) is 2.78. The van der Waals surface area contributed by atoms with Gasteiger partial charge in [0.1, 0.15) is 0 Å². The Morgan fingerprint density at radius 1 is 1.37 bits per heavy atom. The van der Waals surface area contributed by atoms with Crippen LogP contribution in [0.15, 0.2) is 28.0 Å². The van der Waals surface area contributed by atoms with E-state index in [1.807, 2.05) is 0 Å². The van der Waals surface area contributed by atoms with Gasteiger partial charge in [-0.05, 0) is 0 Å². The summed E-state index contributed by atoms with van der Waals surface area (Å²) in [5.41, 5.74) is 0.710. The van der Waals surface area contributed by atoms with E-state index in [-0.39, 0.29) is 4.43 Å². The Labute approximate surface area is 121 Å². The average Bonchev–Trinajstić information content (AvgIpc) is 2.26. The van der Waals surface area contributed by atoms with Gasteiger partial charge in [0, 0.05) is 0 Å². The summed E-state index contributed by atoms with van der Waals surface area (Å²) in [5, 5.41) is 9.08. The van der Waals surface area contributed by atoms with Crippen LogP contribution in [0.4, 0.5) is 17.6 Å². The van der Waals surface area contributed by atoms with Gasteiger partial charge in [-0.2, -0.15) is 0 Å². The number of halogens is 5. The van der Waals surface area contributed by atoms with E-state index < -0.39 is 45.1 Å². The van der Waals surface area contributed by atoms with Crippen molar-refractivity contribution in [3.05, 3.63) is 28.0 Å². The number of hydrogen-bond donors (Lipinski definition) is 1. The van der Waals surface area contributed by atoms with Gasteiger partial charge in [-0.15, -0.1) is 0 Å². The Morgan fingerprint density at radius 3 is 2.16 bits per heavy atom. The first kappa shape index (κ1) is 18.7. The summed E-state index contributed by atoms with van der Waals surface area (Å²) in [7, 11) is 0. The molecule has 1 N–H and O–H groups in total. The second-order valence-electron chi connectivity index (χ2n) is 4.56. The molecule has 3 atom stereocenters. The van der Waals surface area contributed by atoms with E-state index in [9.17, 15) is 17.6 Å². The van der Waals surface area contributed by atoms with Crippen molar-refractivity contribution in [1.82, 2.24) is 0 Å². The summed E-state index contributed by atoms with van der Waals surface area (Å²) in [6, 6.07) is 0. The fraction of sp³-hybridized carbons (Fsp3) is 0.615. The first-order valence-corrected chi connectivity index (χ1v) is 8.13. The molecule has 0 aliphatic carbocycles. The van der Waals surface area contributed by atoms with Crippen LogP contribution in [0.2, 0.25) is 0 Å². The normalized spacial score (nSPS) is 18.3. The van der Waals surface area contributed by atoms with Gasteiger partial charge in [-0.25, -0.2) is 0 Å². The molecule has 112 valence electrons. The molecule has 0 rings (SSSR count). The molecular formula is C13H18F4IO-. The van der Waals surface area contributed by atoms with E-state index in [0.29, 0.717) is 0 Å². The van der Waals surface area contributed by atoms with Crippen molar-refractivity contribution >= 4 is 0 Å². The van der Waals surface area contributed by atoms with E-state index in [0.717, 1.165) is 16.1 Å². The molecule has 0 bridgehead atoms. The Balaban J connectivity index is 4.79. The molecule has 0 fully saturated rings. The Bertz CT molecular complexity index is 381. The molecule has 0 aromatic heterocycles. The number of rotatable bonds is 6. The van der Waals surface area contributed by atoms with E-state index in [1.165, 1.54) is 6.92 Å². The van der Waals surface area contributed by atoms with Crippen LogP contribution in [0.25, 0.3) is 0 Å². The fourth-order valence-corrected chi connectivity index (χ4v) is 4.13. The summed E-state index contributed by atoms with van der Waals surface area (Å²) < 4.78 is 52.3. The summed E-state index contributed by atoms with van der Waals surface area (Å²) in [6.07, 6.45) is -7.93. The molecule has 1 nitrogen and oxygen atoms in total. The van der Waals surface area contributed by atoms with Crippen LogP contribution in [0, 0.1) is 5.92 Å². The molecule has 0 saturated carbocycles.